The van der Waals surface area contributed by atoms with E-state index in [1.807, 2.05) is 26.2 Å². The molecule has 2 aromatic heterocycles. The zero-order valence-electron chi connectivity index (χ0n) is 18.8. The molecule has 0 spiro atoms. The molecule has 1 saturated heterocycles. The van der Waals surface area contributed by atoms with Crippen molar-refractivity contribution in [2.45, 2.75) is 30.3 Å². The van der Waals surface area contributed by atoms with Crippen molar-refractivity contribution in [3.8, 4) is 11.4 Å². The highest BCUT2D eigenvalue weighted by molar-refractivity contribution is 9.10. The molecule has 1 aliphatic heterocycles. The number of hydrogen-bond acceptors (Lipinski definition) is 6. The van der Waals surface area contributed by atoms with E-state index in [1.54, 1.807) is 11.8 Å². The number of aryl methyl sites for hydroxylation is 1. The number of rotatable bonds is 7. The fraction of sp³-hybridized carbons (Fsp3) is 0.417. The van der Waals surface area contributed by atoms with Crippen LogP contribution in [0.1, 0.15) is 24.1 Å². The number of aromatic nitrogens is 4. The lowest BCUT2D eigenvalue weighted by Gasteiger charge is -2.21. The van der Waals surface area contributed by atoms with Crippen LogP contribution < -0.4 is 0 Å². The first-order valence-electron chi connectivity index (χ1n) is 11.0. The molecule has 5 rings (SSSR count). The molecule has 2 aliphatic rings. The molecule has 2 atom stereocenters. The third-order valence-electron chi connectivity index (χ3n) is 6.49. The number of carboxylic acid groups (broad SMARTS) is 1. The van der Waals surface area contributed by atoms with Crippen molar-refractivity contribution < 1.29 is 9.90 Å². The van der Waals surface area contributed by atoms with Crippen molar-refractivity contribution in [1.82, 2.24) is 24.6 Å². The van der Waals surface area contributed by atoms with Crippen molar-refractivity contribution in [3.63, 3.8) is 0 Å². The van der Waals surface area contributed by atoms with Gasteiger partial charge in [0.2, 0.25) is 0 Å². The quantitative estimate of drug-likeness (QED) is 0.275. The summed E-state index contributed by atoms with van der Waals surface area (Å²) in [6.45, 7) is 5.36. The Balaban J connectivity index is 0.000000821. The van der Waals surface area contributed by atoms with Gasteiger partial charge in [0.05, 0.1) is 0 Å². The first-order valence-corrected chi connectivity index (χ1v) is 12.8. The number of carbonyl (C=O) groups is 1. The van der Waals surface area contributed by atoms with Gasteiger partial charge in [-0.1, -0.05) is 39.8 Å². The summed E-state index contributed by atoms with van der Waals surface area (Å²) in [6.07, 6.45) is 4.39. The predicted octanol–water partition coefficient (Wildman–Crippen LogP) is 4.40. The maximum atomic E-state index is 8.36. The van der Waals surface area contributed by atoms with E-state index in [4.69, 9.17) is 9.90 Å². The second-order valence-electron chi connectivity index (χ2n) is 8.66. The zero-order valence-corrected chi connectivity index (χ0v) is 21.2. The largest absolute Gasteiger partial charge is 0.483 e. The van der Waals surface area contributed by atoms with Gasteiger partial charge < -0.3 is 14.6 Å². The van der Waals surface area contributed by atoms with E-state index in [2.05, 4.69) is 70.9 Å². The van der Waals surface area contributed by atoms with Gasteiger partial charge in [0, 0.05) is 53.2 Å². The molecule has 174 valence electrons. The lowest BCUT2D eigenvalue weighted by atomic mass is 9.95. The Kier molecular flexibility index (Phi) is 7.51. The fourth-order valence-corrected chi connectivity index (χ4v) is 5.83. The minimum Gasteiger partial charge on any atom is -0.483 e. The average Bonchev–Trinajstić information content (AvgIpc) is 3.18. The number of benzene rings is 1. The van der Waals surface area contributed by atoms with Crippen LogP contribution in [0.4, 0.5) is 0 Å². The Morgan fingerprint density at radius 1 is 1.24 bits per heavy atom. The summed E-state index contributed by atoms with van der Waals surface area (Å²) in [5.74, 6) is 2.78. The van der Waals surface area contributed by atoms with Gasteiger partial charge in [-0.3, -0.25) is 9.78 Å². The second-order valence-corrected chi connectivity index (χ2v) is 10.6. The molecule has 2 fully saturated rings. The number of likely N-dealkylation sites (tertiary alicyclic amines) is 1. The van der Waals surface area contributed by atoms with Gasteiger partial charge in [0.25, 0.3) is 6.47 Å². The number of nitrogens with zero attached hydrogens (tertiary/aromatic N) is 5. The van der Waals surface area contributed by atoms with Crippen LogP contribution >= 0.6 is 27.7 Å². The highest BCUT2D eigenvalue weighted by atomic mass is 79.9. The van der Waals surface area contributed by atoms with Crippen LogP contribution in [-0.2, 0) is 17.3 Å². The van der Waals surface area contributed by atoms with Crippen LogP contribution in [0, 0.1) is 12.8 Å². The van der Waals surface area contributed by atoms with E-state index in [1.165, 1.54) is 31.5 Å². The molecule has 0 bridgehead atoms. The summed E-state index contributed by atoms with van der Waals surface area (Å²) in [7, 11) is 2.04. The summed E-state index contributed by atoms with van der Waals surface area (Å²) in [4.78, 5) is 15.4. The summed E-state index contributed by atoms with van der Waals surface area (Å²) < 4.78 is 3.24. The standard InChI is InChI=1S/C23H26BrN5S.CH2O2/c1-16-4-5-17(13-25-16)21-26-27-22(28(21)2)30-11-3-10-29-14-19-12-23(19,15-29)18-6-8-20(24)9-7-18;2-1-3/h4-9,13,19H,3,10-12,14-15H2,1-2H3;1H,(H,2,3)/t19-,23+;/m0./s1. The first kappa shape index (κ1) is 23.9. The molecular formula is C24H28BrN5O2S. The summed E-state index contributed by atoms with van der Waals surface area (Å²) >= 11 is 5.35. The van der Waals surface area contributed by atoms with Crippen LogP contribution in [0.3, 0.4) is 0 Å². The number of hydrogen-bond donors (Lipinski definition) is 1. The van der Waals surface area contributed by atoms with Gasteiger partial charge in [-0.05, 0) is 62.1 Å². The number of halogens is 1. The monoisotopic (exact) mass is 529 g/mol. The van der Waals surface area contributed by atoms with Gasteiger partial charge in [0.15, 0.2) is 11.0 Å². The molecule has 1 aliphatic carbocycles. The lowest BCUT2D eigenvalue weighted by Crippen LogP contribution is -2.27. The Morgan fingerprint density at radius 3 is 2.70 bits per heavy atom. The Morgan fingerprint density at radius 2 is 2.00 bits per heavy atom. The minimum atomic E-state index is -0.250. The van der Waals surface area contributed by atoms with Crippen molar-refractivity contribution in [2.24, 2.45) is 13.0 Å². The zero-order chi connectivity index (χ0) is 23.4. The third-order valence-corrected chi connectivity index (χ3v) is 8.12. The van der Waals surface area contributed by atoms with Crippen molar-refractivity contribution >= 4 is 34.2 Å². The van der Waals surface area contributed by atoms with Gasteiger partial charge >= 0.3 is 0 Å². The molecule has 1 saturated carbocycles. The van der Waals surface area contributed by atoms with Crippen molar-refractivity contribution in [1.29, 1.82) is 0 Å². The highest BCUT2D eigenvalue weighted by Crippen LogP contribution is 2.59. The molecule has 0 unspecified atom stereocenters. The summed E-state index contributed by atoms with van der Waals surface area (Å²) in [5, 5.41) is 16.6. The number of fused-ring (bicyclic) bond motifs is 1. The maximum Gasteiger partial charge on any atom is 0.290 e. The Hall–Kier alpha value is -2.23. The molecule has 33 heavy (non-hydrogen) atoms. The molecule has 1 N–H and O–H groups in total. The summed E-state index contributed by atoms with van der Waals surface area (Å²) in [5.41, 5.74) is 3.97. The van der Waals surface area contributed by atoms with Crippen LogP contribution in [0.25, 0.3) is 11.4 Å². The molecule has 3 heterocycles. The molecule has 3 aromatic rings. The number of pyridine rings is 1. The van der Waals surface area contributed by atoms with Crippen LogP contribution in [-0.4, -0.2) is 61.6 Å². The molecule has 0 amide bonds. The normalized spacial score (nSPS) is 21.2. The average molecular weight is 530 g/mol. The van der Waals surface area contributed by atoms with E-state index in [9.17, 15) is 0 Å². The van der Waals surface area contributed by atoms with E-state index in [0.717, 1.165) is 44.9 Å². The van der Waals surface area contributed by atoms with E-state index in [-0.39, 0.29) is 6.47 Å². The molecule has 1 aromatic carbocycles. The molecule has 7 nitrogen and oxygen atoms in total. The van der Waals surface area contributed by atoms with Gasteiger partial charge in [-0.15, -0.1) is 10.2 Å². The third kappa shape index (κ3) is 5.31. The smallest absolute Gasteiger partial charge is 0.290 e. The summed E-state index contributed by atoms with van der Waals surface area (Å²) in [6, 6.07) is 13.0. The van der Waals surface area contributed by atoms with Gasteiger partial charge in [0.1, 0.15) is 0 Å². The number of piperidine rings is 1. The first-order chi connectivity index (χ1) is 16.0. The van der Waals surface area contributed by atoms with Crippen LogP contribution in [0.5, 0.6) is 0 Å². The maximum absolute atomic E-state index is 8.36. The Labute approximate surface area is 206 Å². The Bertz CT molecular complexity index is 1090. The van der Waals surface area contributed by atoms with Crippen LogP contribution in [0.2, 0.25) is 0 Å². The lowest BCUT2D eigenvalue weighted by molar-refractivity contribution is -0.122. The highest BCUT2D eigenvalue weighted by Gasteiger charge is 2.60. The second kappa shape index (κ2) is 10.4. The van der Waals surface area contributed by atoms with Gasteiger partial charge in [-0.2, -0.15) is 0 Å². The number of thioether (sulfide) groups is 1. The molecular weight excluding hydrogens is 502 g/mol. The van der Waals surface area contributed by atoms with Crippen LogP contribution in [0.15, 0.2) is 52.2 Å². The van der Waals surface area contributed by atoms with E-state index >= 15 is 0 Å². The van der Waals surface area contributed by atoms with E-state index in [0.29, 0.717) is 5.41 Å². The molecule has 9 heteroatoms. The predicted molar refractivity (Wildman–Crippen MR) is 133 cm³/mol. The van der Waals surface area contributed by atoms with E-state index < -0.39 is 0 Å². The fourth-order valence-electron chi connectivity index (χ4n) is 4.73. The van der Waals surface area contributed by atoms with Crippen molar-refractivity contribution in [2.75, 3.05) is 25.4 Å². The topological polar surface area (TPSA) is 84.1 Å². The SMILES string of the molecule is Cc1ccc(-c2nnc(SCCCN3C[C@@H]4C[C@]4(c4ccc(Br)cc4)C3)n2C)cn1.O=CO. The van der Waals surface area contributed by atoms with Gasteiger partial charge in [-0.25, -0.2) is 0 Å². The molecule has 0 radical (unpaired) electrons. The minimum absolute atomic E-state index is 0.250. The van der Waals surface area contributed by atoms with Crippen molar-refractivity contribution in [3.05, 3.63) is 58.3 Å².